The van der Waals surface area contributed by atoms with E-state index >= 15 is 0 Å². The molecule has 0 saturated heterocycles. The molecule has 0 radical (unpaired) electrons. The third-order valence-electron chi connectivity index (χ3n) is 1.72. The molecule has 0 spiro atoms. The van der Waals surface area contributed by atoms with Crippen LogP contribution in [0.3, 0.4) is 0 Å². The van der Waals surface area contributed by atoms with Gasteiger partial charge in [-0.1, -0.05) is 12.2 Å². The normalized spacial score (nSPS) is 9.54. The molecule has 0 unspecified atom stereocenters. The van der Waals surface area contributed by atoms with E-state index in [0.717, 1.165) is 12.0 Å². The molecule has 1 rings (SSSR count). The topological polar surface area (TPSA) is 33.1 Å². The third-order valence-corrected chi connectivity index (χ3v) is 1.72. The Bertz CT molecular complexity index is 318. The fraction of sp³-hybridized carbons (Fsp3) is 0.182. The molecular weight excluding hydrogens is 162 g/mol. The lowest BCUT2D eigenvalue weighted by atomic mass is 10.1. The van der Waals surface area contributed by atoms with E-state index in [1.54, 1.807) is 24.4 Å². The molecule has 0 saturated carbocycles. The number of nitrogens with zero attached hydrogens (tertiary/aromatic N) is 1. The van der Waals surface area contributed by atoms with Crippen molar-refractivity contribution in [3.05, 3.63) is 48.8 Å². The van der Waals surface area contributed by atoms with Gasteiger partial charge in [-0.3, -0.25) is 4.98 Å². The summed E-state index contributed by atoms with van der Waals surface area (Å²) in [6.45, 7) is 7.21. The van der Waals surface area contributed by atoms with Gasteiger partial charge in [-0.15, -0.1) is 13.2 Å². The summed E-state index contributed by atoms with van der Waals surface area (Å²) < 4.78 is 0. The highest BCUT2D eigenvalue weighted by atomic mass is 16.3. The van der Waals surface area contributed by atoms with Crippen molar-refractivity contribution in [3.63, 3.8) is 0 Å². The predicted octanol–water partition coefficient (Wildman–Crippen LogP) is 2.24. The zero-order valence-electron chi connectivity index (χ0n) is 7.53. The van der Waals surface area contributed by atoms with Gasteiger partial charge < -0.3 is 5.11 Å². The quantitative estimate of drug-likeness (QED) is 0.712. The van der Waals surface area contributed by atoms with Gasteiger partial charge in [0.1, 0.15) is 5.75 Å². The number of hydrogen-bond acceptors (Lipinski definition) is 2. The van der Waals surface area contributed by atoms with E-state index in [4.69, 9.17) is 0 Å². The molecule has 0 aliphatic rings. The molecule has 68 valence electrons. The lowest BCUT2D eigenvalue weighted by Crippen LogP contribution is -1.91. The van der Waals surface area contributed by atoms with Crippen LogP contribution in [-0.2, 0) is 12.8 Å². The van der Waals surface area contributed by atoms with Crippen LogP contribution in [0, 0.1) is 0 Å². The average molecular weight is 175 g/mol. The van der Waals surface area contributed by atoms with Gasteiger partial charge in [-0.05, 0) is 18.1 Å². The maximum Gasteiger partial charge on any atom is 0.137 e. The highest BCUT2D eigenvalue weighted by Crippen LogP contribution is 2.17. The minimum atomic E-state index is 0.235. The van der Waals surface area contributed by atoms with Crippen molar-refractivity contribution in [2.75, 3.05) is 0 Å². The van der Waals surface area contributed by atoms with Crippen molar-refractivity contribution in [1.82, 2.24) is 4.98 Å². The van der Waals surface area contributed by atoms with Crippen molar-refractivity contribution in [2.45, 2.75) is 12.8 Å². The number of hydrogen-bond donors (Lipinski definition) is 1. The number of aromatic hydroxyl groups is 1. The van der Waals surface area contributed by atoms with Crippen LogP contribution >= 0.6 is 0 Å². The summed E-state index contributed by atoms with van der Waals surface area (Å²) >= 11 is 0. The van der Waals surface area contributed by atoms with Gasteiger partial charge in [0, 0.05) is 12.6 Å². The maximum absolute atomic E-state index is 9.50. The Hall–Kier alpha value is -1.57. The molecule has 0 atom stereocenters. The summed E-state index contributed by atoms with van der Waals surface area (Å²) in [5.74, 6) is 0.235. The van der Waals surface area contributed by atoms with Gasteiger partial charge in [0.05, 0.1) is 5.69 Å². The van der Waals surface area contributed by atoms with E-state index in [-0.39, 0.29) is 5.75 Å². The first-order valence-electron chi connectivity index (χ1n) is 4.16. The van der Waals surface area contributed by atoms with Crippen LogP contribution in [-0.4, -0.2) is 10.1 Å². The van der Waals surface area contributed by atoms with Gasteiger partial charge in [-0.2, -0.15) is 0 Å². The first-order chi connectivity index (χ1) is 6.27. The standard InChI is InChI=1S/C11H13NO/c1-3-5-9-7-11(13)10(6-4-2)12-8-9/h3-4,7-8,13H,1-2,5-6H2. The van der Waals surface area contributed by atoms with Crippen LogP contribution in [0.15, 0.2) is 37.6 Å². The van der Waals surface area contributed by atoms with Gasteiger partial charge in [-0.25, -0.2) is 0 Å². The van der Waals surface area contributed by atoms with Crippen LogP contribution in [0.5, 0.6) is 5.75 Å². The number of allylic oxidation sites excluding steroid dienone is 2. The van der Waals surface area contributed by atoms with Gasteiger partial charge >= 0.3 is 0 Å². The molecule has 1 N–H and O–H groups in total. The van der Waals surface area contributed by atoms with Crippen molar-refractivity contribution in [1.29, 1.82) is 0 Å². The molecular formula is C11H13NO. The van der Waals surface area contributed by atoms with Crippen LogP contribution in [0.2, 0.25) is 0 Å². The van der Waals surface area contributed by atoms with Gasteiger partial charge in [0.15, 0.2) is 0 Å². The van der Waals surface area contributed by atoms with Crippen LogP contribution in [0.1, 0.15) is 11.3 Å². The molecule has 0 bridgehead atoms. The Kier molecular flexibility index (Phi) is 3.26. The minimum absolute atomic E-state index is 0.235. The second-order valence-corrected chi connectivity index (χ2v) is 2.79. The van der Waals surface area contributed by atoms with E-state index < -0.39 is 0 Å². The largest absolute Gasteiger partial charge is 0.506 e. The Balaban J connectivity index is 2.90. The maximum atomic E-state index is 9.50. The molecule has 1 aromatic heterocycles. The Morgan fingerprint density at radius 3 is 2.54 bits per heavy atom. The Labute approximate surface area is 78.3 Å². The number of pyridine rings is 1. The van der Waals surface area contributed by atoms with Crippen molar-refractivity contribution < 1.29 is 5.11 Å². The molecule has 0 aliphatic heterocycles. The van der Waals surface area contributed by atoms with Gasteiger partial charge in [0.25, 0.3) is 0 Å². The van der Waals surface area contributed by atoms with Crippen LogP contribution in [0.25, 0.3) is 0 Å². The highest BCUT2D eigenvalue weighted by Gasteiger charge is 2.01. The summed E-state index contributed by atoms with van der Waals surface area (Å²) in [4.78, 5) is 4.12. The smallest absolute Gasteiger partial charge is 0.137 e. The average Bonchev–Trinajstić information content (AvgIpc) is 2.10. The second-order valence-electron chi connectivity index (χ2n) is 2.79. The van der Waals surface area contributed by atoms with Crippen LogP contribution < -0.4 is 0 Å². The number of rotatable bonds is 4. The minimum Gasteiger partial charge on any atom is -0.506 e. The third kappa shape index (κ3) is 2.44. The van der Waals surface area contributed by atoms with E-state index in [1.807, 2.05) is 0 Å². The van der Waals surface area contributed by atoms with Gasteiger partial charge in [0.2, 0.25) is 0 Å². The van der Waals surface area contributed by atoms with E-state index in [2.05, 4.69) is 18.1 Å². The number of aromatic nitrogens is 1. The first kappa shape index (κ1) is 9.52. The van der Waals surface area contributed by atoms with E-state index in [1.165, 1.54) is 0 Å². The SMILES string of the molecule is C=CCc1cnc(CC=C)c(O)c1. The molecule has 2 nitrogen and oxygen atoms in total. The molecule has 1 aromatic rings. The Morgan fingerprint density at radius 1 is 1.31 bits per heavy atom. The molecule has 2 heteroatoms. The summed E-state index contributed by atoms with van der Waals surface area (Å²) in [6.07, 6.45) is 6.58. The summed E-state index contributed by atoms with van der Waals surface area (Å²) in [7, 11) is 0. The summed E-state index contributed by atoms with van der Waals surface area (Å²) in [6, 6.07) is 1.72. The van der Waals surface area contributed by atoms with Crippen molar-refractivity contribution in [2.24, 2.45) is 0 Å². The molecule has 0 aliphatic carbocycles. The lowest BCUT2D eigenvalue weighted by molar-refractivity contribution is 0.465. The molecule has 0 amide bonds. The molecule has 1 heterocycles. The van der Waals surface area contributed by atoms with Crippen molar-refractivity contribution in [3.8, 4) is 5.75 Å². The first-order valence-corrected chi connectivity index (χ1v) is 4.16. The van der Waals surface area contributed by atoms with E-state index in [0.29, 0.717) is 12.1 Å². The molecule has 0 aromatic carbocycles. The van der Waals surface area contributed by atoms with Crippen LogP contribution in [0.4, 0.5) is 0 Å². The van der Waals surface area contributed by atoms with Crippen molar-refractivity contribution >= 4 is 0 Å². The molecule has 13 heavy (non-hydrogen) atoms. The fourth-order valence-corrected chi connectivity index (χ4v) is 1.10. The zero-order valence-corrected chi connectivity index (χ0v) is 7.53. The molecule has 0 fully saturated rings. The highest BCUT2D eigenvalue weighted by molar-refractivity contribution is 5.31. The predicted molar refractivity (Wildman–Crippen MR) is 53.7 cm³/mol. The fourth-order valence-electron chi connectivity index (χ4n) is 1.10. The summed E-state index contributed by atoms with van der Waals surface area (Å²) in [5.41, 5.74) is 1.64. The van der Waals surface area contributed by atoms with E-state index in [9.17, 15) is 5.11 Å². The summed E-state index contributed by atoms with van der Waals surface area (Å²) in [5, 5.41) is 9.50. The lowest BCUT2D eigenvalue weighted by Gasteiger charge is -2.02. The second kappa shape index (κ2) is 4.45. The zero-order chi connectivity index (χ0) is 9.68. The monoisotopic (exact) mass is 175 g/mol. The Morgan fingerprint density at radius 2 is 2.00 bits per heavy atom.